The highest BCUT2D eigenvalue weighted by atomic mass is 79.9. The van der Waals surface area contributed by atoms with Crippen LogP contribution in [-0.4, -0.2) is 82.5 Å². The molecule has 210 valence electrons. The second kappa shape index (κ2) is 13.8. The van der Waals surface area contributed by atoms with E-state index in [4.69, 9.17) is 9.47 Å². The number of amides is 2. The van der Waals surface area contributed by atoms with Crippen LogP contribution in [0, 0.1) is 23.7 Å². The van der Waals surface area contributed by atoms with Crippen LogP contribution in [0.1, 0.15) is 24.0 Å². The first-order valence-corrected chi connectivity index (χ1v) is 14.3. The summed E-state index contributed by atoms with van der Waals surface area (Å²) in [6.07, 6.45) is -3.08. The van der Waals surface area contributed by atoms with Gasteiger partial charge in [-0.25, -0.2) is 0 Å². The van der Waals surface area contributed by atoms with Crippen LogP contribution in [0.25, 0.3) is 0 Å². The number of methoxy groups -OCH3 is 2. The van der Waals surface area contributed by atoms with E-state index >= 15 is 0 Å². The number of aliphatic hydroxyl groups is 2. The van der Waals surface area contributed by atoms with E-state index in [1.807, 2.05) is 48.5 Å². The van der Waals surface area contributed by atoms with Gasteiger partial charge < -0.3 is 29.5 Å². The molecule has 2 aliphatic rings. The van der Waals surface area contributed by atoms with E-state index in [0.717, 1.165) is 20.1 Å². The number of likely N-dealkylation sites (tertiary alicyclic amines) is 2. The Morgan fingerprint density at radius 3 is 1.48 bits per heavy atom. The van der Waals surface area contributed by atoms with Crippen LogP contribution >= 0.6 is 31.9 Å². The fraction of sp³-hybridized carbons (Fsp3) is 0.400. The number of benzene rings is 2. The molecule has 2 heterocycles. The molecule has 10 heteroatoms. The lowest BCUT2D eigenvalue weighted by Gasteiger charge is -2.48. The maximum Gasteiger partial charge on any atom is 0.254 e. The zero-order valence-corrected chi connectivity index (χ0v) is 25.3. The van der Waals surface area contributed by atoms with Gasteiger partial charge in [0, 0.05) is 49.1 Å². The standard InChI is InChI=1S/C30H30Br2N2O6/c1-39-27-25(33(29(27)37)17-19-11-7-9-13-21(19)31)23(35)15-5-3-4-6-16-24(36)26-28(40-2)30(38)34(26)18-20-12-8-10-14-22(20)32/h7-14,23-28,35-36H,15-18H2,1-2H3/t23-,24-,25+,26+,27-,28-/m1/s1. The fourth-order valence-corrected chi connectivity index (χ4v) is 5.82. The number of carbonyl (C=O) groups is 2. The summed E-state index contributed by atoms with van der Waals surface area (Å²) in [6, 6.07) is 14.2. The molecule has 2 N–H and O–H groups in total. The van der Waals surface area contributed by atoms with Gasteiger partial charge in [-0.15, -0.1) is 0 Å². The van der Waals surface area contributed by atoms with E-state index in [0.29, 0.717) is 13.1 Å². The average molecular weight is 674 g/mol. The first kappa shape index (κ1) is 30.3. The summed E-state index contributed by atoms with van der Waals surface area (Å²) in [7, 11) is 2.90. The summed E-state index contributed by atoms with van der Waals surface area (Å²) in [4.78, 5) is 28.3. The SMILES string of the molecule is CO[C@H]1C(=O)N(Cc2ccccc2Br)[C@H]1[C@H](O)CC#CC#CC[C@@H](O)[C@H]1[C@@H](OC)C(=O)N1Cc1ccccc1Br. The highest BCUT2D eigenvalue weighted by Gasteiger charge is 2.52. The van der Waals surface area contributed by atoms with Crippen molar-refractivity contribution in [1.82, 2.24) is 9.80 Å². The Balaban J connectivity index is 1.32. The molecule has 0 radical (unpaired) electrons. The molecule has 2 amide bonds. The summed E-state index contributed by atoms with van der Waals surface area (Å²) < 4.78 is 12.4. The van der Waals surface area contributed by atoms with Gasteiger partial charge in [0.2, 0.25) is 0 Å². The number of hydrogen-bond acceptors (Lipinski definition) is 6. The fourth-order valence-electron chi connectivity index (χ4n) is 5.00. The molecule has 2 aromatic carbocycles. The molecule has 2 saturated heterocycles. The minimum absolute atomic E-state index is 0.101. The molecule has 0 saturated carbocycles. The van der Waals surface area contributed by atoms with E-state index in [1.54, 1.807) is 9.80 Å². The van der Waals surface area contributed by atoms with Crippen LogP contribution in [0.3, 0.4) is 0 Å². The van der Waals surface area contributed by atoms with Crippen molar-refractivity contribution in [2.24, 2.45) is 0 Å². The molecule has 6 atom stereocenters. The minimum Gasteiger partial charge on any atom is -0.390 e. The molecule has 0 aromatic heterocycles. The Hall–Kier alpha value is -2.70. The van der Waals surface area contributed by atoms with E-state index in [1.165, 1.54) is 14.2 Å². The van der Waals surface area contributed by atoms with Crippen molar-refractivity contribution < 1.29 is 29.3 Å². The van der Waals surface area contributed by atoms with Gasteiger partial charge in [0.1, 0.15) is 0 Å². The predicted molar refractivity (Wildman–Crippen MR) is 155 cm³/mol. The van der Waals surface area contributed by atoms with Gasteiger partial charge in [-0.1, -0.05) is 80.1 Å². The summed E-state index contributed by atoms with van der Waals surface area (Å²) in [6.45, 7) is 0.689. The van der Waals surface area contributed by atoms with Gasteiger partial charge in [-0.05, 0) is 35.1 Å². The maximum absolute atomic E-state index is 12.6. The molecular weight excluding hydrogens is 644 g/mol. The maximum atomic E-state index is 12.6. The quantitative estimate of drug-likeness (QED) is 0.298. The predicted octanol–water partition coefficient (Wildman–Crippen LogP) is 2.87. The summed E-state index contributed by atoms with van der Waals surface area (Å²) in [5.74, 6) is 10.7. The van der Waals surface area contributed by atoms with Crippen LogP contribution in [0.4, 0.5) is 0 Å². The van der Waals surface area contributed by atoms with Crippen LogP contribution in [0.15, 0.2) is 57.5 Å². The number of nitrogens with zero attached hydrogens (tertiary/aromatic N) is 2. The second-order valence-corrected chi connectivity index (χ2v) is 11.3. The Morgan fingerprint density at radius 2 is 1.12 bits per heavy atom. The first-order chi connectivity index (χ1) is 19.3. The molecule has 0 unspecified atom stereocenters. The number of hydrogen-bond donors (Lipinski definition) is 2. The molecule has 2 fully saturated rings. The number of rotatable bonds is 10. The zero-order chi connectivity index (χ0) is 28.8. The average Bonchev–Trinajstić information content (AvgIpc) is 2.94. The van der Waals surface area contributed by atoms with E-state index in [-0.39, 0.29) is 24.7 Å². The van der Waals surface area contributed by atoms with Crippen molar-refractivity contribution in [3.63, 3.8) is 0 Å². The van der Waals surface area contributed by atoms with Gasteiger partial charge in [0.15, 0.2) is 12.2 Å². The van der Waals surface area contributed by atoms with Crippen LogP contribution in [0.2, 0.25) is 0 Å². The summed E-state index contributed by atoms with van der Waals surface area (Å²) >= 11 is 6.99. The van der Waals surface area contributed by atoms with Crippen molar-refractivity contribution in [3.8, 4) is 23.7 Å². The lowest BCUT2D eigenvalue weighted by Crippen LogP contribution is -2.69. The molecule has 0 spiro atoms. The molecule has 0 aliphatic carbocycles. The van der Waals surface area contributed by atoms with E-state index in [2.05, 4.69) is 55.5 Å². The third-order valence-electron chi connectivity index (χ3n) is 7.15. The molecular formula is C30H30Br2N2O6. The van der Waals surface area contributed by atoms with Crippen LogP contribution in [0.5, 0.6) is 0 Å². The second-order valence-electron chi connectivity index (χ2n) is 9.56. The van der Waals surface area contributed by atoms with Gasteiger partial charge in [-0.3, -0.25) is 9.59 Å². The Kier molecular flexibility index (Phi) is 10.4. The van der Waals surface area contributed by atoms with E-state index in [9.17, 15) is 19.8 Å². The van der Waals surface area contributed by atoms with Crippen LogP contribution in [-0.2, 0) is 32.2 Å². The molecule has 40 heavy (non-hydrogen) atoms. The van der Waals surface area contributed by atoms with Crippen molar-refractivity contribution >= 4 is 43.7 Å². The number of halogens is 2. The van der Waals surface area contributed by atoms with Gasteiger partial charge in [-0.2, -0.15) is 0 Å². The zero-order valence-electron chi connectivity index (χ0n) is 22.1. The number of ether oxygens (including phenoxy) is 2. The largest absolute Gasteiger partial charge is 0.390 e. The molecule has 0 bridgehead atoms. The Bertz CT molecular complexity index is 1260. The molecule has 8 nitrogen and oxygen atoms in total. The lowest BCUT2D eigenvalue weighted by atomic mass is 9.90. The molecule has 2 aliphatic heterocycles. The van der Waals surface area contributed by atoms with Crippen molar-refractivity contribution in [3.05, 3.63) is 68.6 Å². The summed E-state index contributed by atoms with van der Waals surface area (Å²) in [5.41, 5.74) is 1.86. The number of aliphatic hydroxyl groups excluding tert-OH is 2. The highest BCUT2D eigenvalue weighted by molar-refractivity contribution is 9.10. The van der Waals surface area contributed by atoms with Crippen molar-refractivity contribution in [2.75, 3.05) is 14.2 Å². The third kappa shape index (κ3) is 6.44. The first-order valence-electron chi connectivity index (χ1n) is 12.7. The monoisotopic (exact) mass is 672 g/mol. The normalized spacial score (nSPS) is 23.2. The van der Waals surface area contributed by atoms with Gasteiger partial charge >= 0.3 is 0 Å². The smallest absolute Gasteiger partial charge is 0.254 e. The Morgan fingerprint density at radius 1 is 0.750 bits per heavy atom. The molecule has 2 aromatic rings. The van der Waals surface area contributed by atoms with Crippen LogP contribution < -0.4 is 0 Å². The van der Waals surface area contributed by atoms with Crippen molar-refractivity contribution in [2.45, 2.75) is 62.4 Å². The van der Waals surface area contributed by atoms with Gasteiger partial charge in [0.25, 0.3) is 11.8 Å². The lowest BCUT2D eigenvalue weighted by molar-refractivity contribution is -0.182. The number of β-lactam (4-membered cyclic amide) rings is 2. The van der Waals surface area contributed by atoms with Gasteiger partial charge in [0.05, 0.1) is 24.3 Å². The number of carbonyl (C=O) groups excluding carboxylic acids is 2. The Labute approximate surface area is 250 Å². The van der Waals surface area contributed by atoms with Crippen molar-refractivity contribution in [1.29, 1.82) is 0 Å². The minimum atomic E-state index is -0.917. The highest BCUT2D eigenvalue weighted by Crippen LogP contribution is 2.32. The molecule has 4 rings (SSSR count). The summed E-state index contributed by atoms with van der Waals surface area (Å²) in [5, 5.41) is 21.6. The topological polar surface area (TPSA) is 99.5 Å². The third-order valence-corrected chi connectivity index (χ3v) is 8.70. The van der Waals surface area contributed by atoms with E-state index < -0.39 is 36.5 Å².